The lowest BCUT2D eigenvalue weighted by Gasteiger charge is -2.35. The molecule has 2 nitrogen and oxygen atoms in total. The summed E-state index contributed by atoms with van der Waals surface area (Å²) in [6, 6.07) is 43.2. The van der Waals surface area contributed by atoms with E-state index >= 15 is 0 Å². The molecule has 0 N–H and O–H groups in total. The zero-order chi connectivity index (χ0) is 25.5. The number of aliphatic imine (C=N–C) groups is 2. The van der Waals surface area contributed by atoms with Crippen LogP contribution in [0.5, 0.6) is 0 Å². The minimum absolute atomic E-state index is 0.0754. The van der Waals surface area contributed by atoms with Crippen molar-refractivity contribution in [3.05, 3.63) is 144 Å². The van der Waals surface area contributed by atoms with E-state index in [-0.39, 0.29) is 17.5 Å². The van der Waals surface area contributed by atoms with Crippen LogP contribution in [0.2, 0.25) is 0 Å². The minimum Gasteiger partial charge on any atom is -0.289 e. The number of benzene rings is 4. The lowest BCUT2D eigenvalue weighted by molar-refractivity contribution is 0.484. The summed E-state index contributed by atoms with van der Waals surface area (Å²) in [6.45, 7) is 4.38. The van der Waals surface area contributed by atoms with Gasteiger partial charge < -0.3 is 0 Å². The molecular weight excluding hydrogens is 448 g/mol. The zero-order valence-corrected chi connectivity index (χ0v) is 21.8. The highest BCUT2D eigenvalue weighted by Gasteiger charge is 2.49. The smallest absolute Gasteiger partial charge is 0.0717 e. The summed E-state index contributed by atoms with van der Waals surface area (Å²) in [7, 11) is 0. The van der Waals surface area contributed by atoms with Crippen LogP contribution in [0.1, 0.15) is 72.9 Å². The average Bonchev–Trinajstić information content (AvgIpc) is 3.35. The van der Waals surface area contributed by atoms with Gasteiger partial charge in [0.25, 0.3) is 0 Å². The van der Waals surface area contributed by atoms with Gasteiger partial charge in [-0.3, -0.25) is 9.98 Å². The Bertz CT molecular complexity index is 1190. The minimum atomic E-state index is -0.325. The normalized spacial score (nSPS) is 20.8. The molecule has 37 heavy (non-hydrogen) atoms. The van der Waals surface area contributed by atoms with E-state index in [9.17, 15) is 0 Å². The van der Waals surface area contributed by atoms with Gasteiger partial charge in [-0.1, -0.05) is 121 Å². The number of hydrogen-bond acceptors (Lipinski definition) is 2. The monoisotopic (exact) mass is 484 g/mol. The van der Waals surface area contributed by atoms with Crippen LogP contribution in [-0.4, -0.2) is 12.4 Å². The molecule has 1 saturated carbocycles. The van der Waals surface area contributed by atoms with Crippen LogP contribution in [0, 0.1) is 5.41 Å². The third-order valence-electron chi connectivity index (χ3n) is 7.96. The summed E-state index contributed by atoms with van der Waals surface area (Å²) in [4.78, 5) is 10.5. The first-order valence-electron chi connectivity index (χ1n) is 13.5. The second-order valence-electron chi connectivity index (χ2n) is 10.2. The Morgan fingerprint density at radius 2 is 0.865 bits per heavy atom. The van der Waals surface area contributed by atoms with Gasteiger partial charge in [-0.05, 0) is 48.9 Å². The summed E-state index contributed by atoms with van der Waals surface area (Å²) in [6.07, 6.45) is 6.71. The fraction of sp³-hybridized carbons (Fsp3) is 0.257. The molecule has 5 rings (SSSR count). The molecule has 1 aliphatic carbocycles. The van der Waals surface area contributed by atoms with Crippen LogP contribution < -0.4 is 0 Å². The lowest BCUT2D eigenvalue weighted by Crippen LogP contribution is -2.34. The van der Waals surface area contributed by atoms with E-state index in [1.165, 1.54) is 22.3 Å². The molecule has 4 aromatic rings. The molecule has 0 aliphatic heterocycles. The second kappa shape index (κ2) is 11.5. The maximum Gasteiger partial charge on any atom is 0.0717 e. The first-order chi connectivity index (χ1) is 18.2. The Morgan fingerprint density at radius 3 is 1.22 bits per heavy atom. The van der Waals surface area contributed by atoms with E-state index in [1.54, 1.807) is 0 Å². The first kappa shape index (κ1) is 24.9. The fourth-order valence-corrected chi connectivity index (χ4v) is 5.87. The van der Waals surface area contributed by atoms with Gasteiger partial charge in [-0.2, -0.15) is 0 Å². The van der Waals surface area contributed by atoms with Crippen molar-refractivity contribution in [1.29, 1.82) is 0 Å². The van der Waals surface area contributed by atoms with E-state index in [0.717, 1.165) is 12.8 Å². The van der Waals surface area contributed by atoms with Crippen LogP contribution >= 0.6 is 0 Å². The molecule has 4 aromatic carbocycles. The molecule has 0 amide bonds. The molecule has 4 atom stereocenters. The van der Waals surface area contributed by atoms with Gasteiger partial charge in [0.1, 0.15) is 0 Å². The number of nitrogens with zero attached hydrogens (tertiary/aromatic N) is 2. The first-order valence-corrected chi connectivity index (χ1v) is 13.5. The van der Waals surface area contributed by atoms with E-state index < -0.39 is 0 Å². The molecule has 0 unspecified atom stereocenters. The van der Waals surface area contributed by atoms with Crippen molar-refractivity contribution in [3.63, 3.8) is 0 Å². The topological polar surface area (TPSA) is 24.7 Å². The van der Waals surface area contributed by atoms with Crippen molar-refractivity contribution in [3.8, 4) is 0 Å². The molecule has 1 fully saturated rings. The van der Waals surface area contributed by atoms with Crippen molar-refractivity contribution in [2.75, 3.05) is 0 Å². The Labute approximate surface area is 221 Å². The molecule has 0 bridgehead atoms. The maximum absolute atomic E-state index is 5.23. The fourth-order valence-electron chi connectivity index (χ4n) is 5.87. The zero-order valence-electron chi connectivity index (χ0n) is 21.8. The highest BCUT2D eigenvalue weighted by atomic mass is 14.8. The van der Waals surface area contributed by atoms with Crippen molar-refractivity contribution in [2.24, 2.45) is 15.4 Å². The van der Waals surface area contributed by atoms with Gasteiger partial charge >= 0.3 is 0 Å². The third kappa shape index (κ3) is 5.49. The van der Waals surface area contributed by atoms with Gasteiger partial charge in [0.2, 0.25) is 0 Å². The summed E-state index contributed by atoms with van der Waals surface area (Å²) in [5, 5.41) is 0. The predicted octanol–water partition coefficient (Wildman–Crippen LogP) is 9.00. The van der Waals surface area contributed by atoms with Crippen LogP contribution in [0.15, 0.2) is 131 Å². The molecule has 0 heterocycles. The van der Waals surface area contributed by atoms with Crippen LogP contribution in [0.25, 0.3) is 0 Å². The Balaban J connectivity index is 1.62. The van der Waals surface area contributed by atoms with Crippen molar-refractivity contribution >= 4 is 12.4 Å². The van der Waals surface area contributed by atoms with Crippen molar-refractivity contribution < 1.29 is 0 Å². The van der Waals surface area contributed by atoms with Crippen molar-refractivity contribution in [2.45, 2.75) is 50.6 Å². The third-order valence-corrected chi connectivity index (χ3v) is 7.96. The van der Waals surface area contributed by atoms with Crippen LogP contribution in [0.3, 0.4) is 0 Å². The summed E-state index contributed by atoms with van der Waals surface area (Å²) >= 11 is 0. The van der Waals surface area contributed by atoms with E-state index in [2.05, 4.69) is 148 Å². The van der Waals surface area contributed by atoms with Gasteiger partial charge in [0.05, 0.1) is 17.5 Å². The predicted molar refractivity (Wildman–Crippen MR) is 157 cm³/mol. The molecule has 0 radical (unpaired) electrons. The van der Waals surface area contributed by atoms with E-state index in [0.29, 0.717) is 11.8 Å². The van der Waals surface area contributed by atoms with Gasteiger partial charge in [-0.25, -0.2) is 0 Å². The molecule has 186 valence electrons. The molecule has 0 spiro atoms. The van der Waals surface area contributed by atoms with Gasteiger partial charge in [0.15, 0.2) is 0 Å². The molecule has 0 aromatic heterocycles. The highest BCUT2D eigenvalue weighted by molar-refractivity contribution is 5.93. The number of hydrogen-bond donors (Lipinski definition) is 0. The molecular formula is C35H36N2. The molecule has 0 saturated heterocycles. The largest absolute Gasteiger partial charge is 0.289 e. The van der Waals surface area contributed by atoms with E-state index in [1.807, 2.05) is 0 Å². The molecule has 2 heteroatoms. The molecule has 1 aliphatic rings. The standard InChI is InChI=1S/C35H36N2/c1-27(29-15-7-3-8-16-29)36-25-35(26-37-28(2)30-17-9-4-10-18-30)33(31-19-11-5-12-20-31)23-24-34(35)32-21-13-6-14-22-32/h3-22,25-28,33-34H,23-24H2,1-2H3/t27-,28-,33-,34-/m1/s1. The highest BCUT2D eigenvalue weighted by Crippen LogP contribution is 2.56. The second-order valence-corrected chi connectivity index (χ2v) is 10.2. The SMILES string of the molecule is C[C@@H](N=CC1(C=N[C@H](C)c2ccccc2)[C@@H](c2ccccc2)CC[C@@H]1c1ccccc1)c1ccccc1. The van der Waals surface area contributed by atoms with E-state index in [4.69, 9.17) is 9.98 Å². The van der Waals surface area contributed by atoms with Crippen molar-refractivity contribution in [1.82, 2.24) is 0 Å². The Hall–Kier alpha value is -3.78. The lowest BCUT2D eigenvalue weighted by atomic mass is 9.69. The average molecular weight is 485 g/mol. The van der Waals surface area contributed by atoms with Gasteiger partial charge in [-0.15, -0.1) is 0 Å². The maximum atomic E-state index is 5.23. The van der Waals surface area contributed by atoms with Crippen LogP contribution in [-0.2, 0) is 0 Å². The summed E-state index contributed by atoms with van der Waals surface area (Å²) in [5.41, 5.74) is 4.86. The number of rotatable bonds is 8. The van der Waals surface area contributed by atoms with Gasteiger partial charge in [0, 0.05) is 24.3 Å². The van der Waals surface area contributed by atoms with Crippen LogP contribution in [0.4, 0.5) is 0 Å². The quantitative estimate of drug-likeness (QED) is 0.223. The summed E-state index contributed by atoms with van der Waals surface area (Å²) in [5.74, 6) is 0.606. The summed E-state index contributed by atoms with van der Waals surface area (Å²) < 4.78 is 0. The Morgan fingerprint density at radius 1 is 0.541 bits per heavy atom. The Kier molecular flexibility index (Phi) is 7.75.